The smallest absolute Gasteiger partial charge is 0.291 e. The van der Waals surface area contributed by atoms with Gasteiger partial charge in [0.25, 0.3) is 5.91 Å². The first-order valence-electron chi connectivity index (χ1n) is 6.44. The van der Waals surface area contributed by atoms with Gasteiger partial charge in [0.05, 0.1) is 18.4 Å². The third-order valence-corrected chi connectivity index (χ3v) is 3.90. The van der Waals surface area contributed by atoms with Gasteiger partial charge in [0, 0.05) is 10.7 Å². The number of amides is 1. The molecule has 0 unspecified atom stereocenters. The molecule has 7 heteroatoms. The Balaban J connectivity index is 1.66. The third-order valence-electron chi connectivity index (χ3n) is 2.95. The van der Waals surface area contributed by atoms with Gasteiger partial charge in [-0.15, -0.1) is 0 Å². The van der Waals surface area contributed by atoms with Crippen LogP contribution in [0.5, 0.6) is 0 Å². The number of halogens is 2. The quantitative estimate of drug-likeness (QED) is 0.679. The van der Waals surface area contributed by atoms with Crippen molar-refractivity contribution in [3.63, 3.8) is 0 Å². The van der Waals surface area contributed by atoms with Crippen molar-refractivity contribution < 1.29 is 9.21 Å². The number of anilines is 1. The monoisotopic (exact) mass is 423 g/mol. The molecule has 2 heterocycles. The average molecular weight is 425 g/mol. The van der Waals surface area contributed by atoms with Gasteiger partial charge >= 0.3 is 0 Å². The highest BCUT2D eigenvalue weighted by Gasteiger charge is 2.11. The van der Waals surface area contributed by atoms with Crippen LogP contribution >= 0.6 is 31.9 Å². The molecule has 0 saturated heterocycles. The van der Waals surface area contributed by atoms with Crippen LogP contribution in [0.3, 0.4) is 0 Å². The van der Waals surface area contributed by atoms with Crippen molar-refractivity contribution >= 4 is 43.5 Å². The molecule has 0 radical (unpaired) electrons. The Labute approximate surface area is 143 Å². The van der Waals surface area contributed by atoms with Crippen LogP contribution < -0.4 is 5.32 Å². The van der Waals surface area contributed by atoms with E-state index >= 15 is 0 Å². The van der Waals surface area contributed by atoms with Crippen molar-refractivity contribution in [1.82, 2.24) is 9.78 Å². The van der Waals surface area contributed by atoms with Gasteiger partial charge in [0.15, 0.2) is 10.4 Å². The second-order valence-electron chi connectivity index (χ2n) is 4.61. The fraction of sp³-hybridized carbons (Fsp3) is 0.0667. The van der Waals surface area contributed by atoms with Crippen LogP contribution in [0.1, 0.15) is 16.1 Å². The van der Waals surface area contributed by atoms with Gasteiger partial charge in [-0.25, -0.2) is 0 Å². The molecule has 2 aromatic heterocycles. The standard InChI is InChI=1S/C15H11Br2N3O2/c16-11-3-1-10(2-4-11)8-20-9-12(7-18-20)19-15(21)13-5-6-14(17)22-13/h1-7,9H,8H2,(H,19,21). The molecule has 3 rings (SSSR count). The average Bonchev–Trinajstić information content (AvgIpc) is 3.11. The lowest BCUT2D eigenvalue weighted by Gasteiger charge is -2.02. The lowest BCUT2D eigenvalue weighted by molar-refractivity contribution is 0.0995. The predicted octanol–water partition coefficient (Wildman–Crippen LogP) is 4.30. The number of carbonyl (C=O) groups is 1. The minimum atomic E-state index is -0.311. The number of nitrogens with one attached hydrogen (secondary N) is 1. The van der Waals surface area contributed by atoms with E-state index in [1.54, 1.807) is 29.2 Å². The molecule has 0 fully saturated rings. The molecule has 0 aliphatic rings. The van der Waals surface area contributed by atoms with E-state index in [1.165, 1.54) is 0 Å². The lowest BCUT2D eigenvalue weighted by Crippen LogP contribution is -2.10. The summed E-state index contributed by atoms with van der Waals surface area (Å²) in [5.41, 5.74) is 1.74. The first kappa shape index (κ1) is 15.1. The molecule has 5 nitrogen and oxygen atoms in total. The number of rotatable bonds is 4. The summed E-state index contributed by atoms with van der Waals surface area (Å²) in [4.78, 5) is 12.0. The Hall–Kier alpha value is -1.86. The topological polar surface area (TPSA) is 60.1 Å². The molecule has 1 aromatic carbocycles. The summed E-state index contributed by atoms with van der Waals surface area (Å²) in [5, 5.41) is 6.98. The van der Waals surface area contributed by atoms with E-state index in [0.717, 1.165) is 10.0 Å². The number of benzene rings is 1. The third kappa shape index (κ3) is 3.66. The van der Waals surface area contributed by atoms with Gasteiger partial charge in [0.2, 0.25) is 0 Å². The van der Waals surface area contributed by atoms with E-state index in [4.69, 9.17) is 4.42 Å². The minimum absolute atomic E-state index is 0.243. The zero-order valence-electron chi connectivity index (χ0n) is 11.3. The first-order chi connectivity index (χ1) is 10.6. The maximum atomic E-state index is 12.0. The highest BCUT2D eigenvalue weighted by atomic mass is 79.9. The Morgan fingerprint density at radius 1 is 1.18 bits per heavy atom. The van der Waals surface area contributed by atoms with Crippen molar-refractivity contribution in [2.24, 2.45) is 0 Å². The molecular weight excluding hydrogens is 414 g/mol. The number of hydrogen-bond acceptors (Lipinski definition) is 3. The number of nitrogens with zero attached hydrogens (tertiary/aromatic N) is 2. The normalized spacial score (nSPS) is 10.6. The predicted molar refractivity (Wildman–Crippen MR) is 89.8 cm³/mol. The molecule has 0 bridgehead atoms. The largest absolute Gasteiger partial charge is 0.444 e. The number of hydrogen-bond donors (Lipinski definition) is 1. The van der Waals surface area contributed by atoms with Crippen LogP contribution in [0.4, 0.5) is 5.69 Å². The fourth-order valence-corrected chi connectivity index (χ4v) is 2.49. The summed E-state index contributed by atoms with van der Waals surface area (Å²) in [6.45, 7) is 0.634. The van der Waals surface area contributed by atoms with Crippen LogP contribution in [-0.2, 0) is 6.54 Å². The van der Waals surface area contributed by atoms with E-state index < -0.39 is 0 Å². The molecule has 0 aliphatic heterocycles. The Kier molecular flexibility index (Phi) is 4.44. The van der Waals surface area contributed by atoms with E-state index in [1.807, 2.05) is 24.3 Å². The second-order valence-corrected chi connectivity index (χ2v) is 6.31. The summed E-state index contributed by atoms with van der Waals surface area (Å²) in [6.07, 6.45) is 3.38. The van der Waals surface area contributed by atoms with E-state index in [-0.39, 0.29) is 11.7 Å². The summed E-state index contributed by atoms with van der Waals surface area (Å²) in [7, 11) is 0. The van der Waals surface area contributed by atoms with Crippen LogP contribution in [0.25, 0.3) is 0 Å². The van der Waals surface area contributed by atoms with E-state index in [9.17, 15) is 4.79 Å². The zero-order valence-corrected chi connectivity index (χ0v) is 14.5. The van der Waals surface area contributed by atoms with Gasteiger partial charge in [-0.3, -0.25) is 9.48 Å². The molecule has 0 atom stereocenters. The number of carbonyl (C=O) groups excluding carboxylic acids is 1. The maximum absolute atomic E-state index is 12.0. The van der Waals surface area contributed by atoms with Crippen molar-refractivity contribution in [3.05, 3.63) is 69.3 Å². The van der Waals surface area contributed by atoms with Crippen LogP contribution in [0.15, 0.2) is 62.4 Å². The molecule has 0 spiro atoms. The summed E-state index contributed by atoms with van der Waals surface area (Å²) in [5.74, 6) is -0.0681. The van der Waals surface area contributed by atoms with Crippen LogP contribution in [0, 0.1) is 0 Å². The molecule has 22 heavy (non-hydrogen) atoms. The maximum Gasteiger partial charge on any atom is 0.291 e. The lowest BCUT2D eigenvalue weighted by atomic mass is 10.2. The minimum Gasteiger partial charge on any atom is -0.444 e. The van der Waals surface area contributed by atoms with Gasteiger partial charge in [0.1, 0.15) is 0 Å². The summed E-state index contributed by atoms with van der Waals surface area (Å²) >= 11 is 6.57. The highest BCUT2D eigenvalue weighted by molar-refractivity contribution is 9.10. The molecular formula is C15H11Br2N3O2. The molecule has 1 amide bonds. The van der Waals surface area contributed by atoms with Gasteiger partial charge in [-0.2, -0.15) is 5.10 Å². The van der Waals surface area contributed by atoms with Crippen LogP contribution in [-0.4, -0.2) is 15.7 Å². The van der Waals surface area contributed by atoms with Crippen molar-refractivity contribution in [3.8, 4) is 0 Å². The molecule has 1 N–H and O–H groups in total. The SMILES string of the molecule is O=C(Nc1cnn(Cc2ccc(Br)cc2)c1)c1ccc(Br)o1. The first-order valence-corrected chi connectivity index (χ1v) is 8.02. The molecule has 0 aliphatic carbocycles. The van der Waals surface area contributed by atoms with Crippen LogP contribution in [0.2, 0.25) is 0 Å². The van der Waals surface area contributed by atoms with Gasteiger partial charge < -0.3 is 9.73 Å². The summed E-state index contributed by atoms with van der Waals surface area (Å²) < 4.78 is 8.52. The fourth-order valence-electron chi connectivity index (χ4n) is 1.92. The second kappa shape index (κ2) is 6.50. The Bertz CT molecular complexity index is 793. The van der Waals surface area contributed by atoms with Crippen molar-refractivity contribution in [2.45, 2.75) is 6.54 Å². The molecule has 3 aromatic rings. The van der Waals surface area contributed by atoms with E-state index in [2.05, 4.69) is 42.3 Å². The highest BCUT2D eigenvalue weighted by Crippen LogP contribution is 2.16. The summed E-state index contributed by atoms with van der Waals surface area (Å²) in [6, 6.07) is 11.3. The van der Waals surface area contributed by atoms with Crippen molar-refractivity contribution in [1.29, 1.82) is 0 Å². The molecule has 112 valence electrons. The van der Waals surface area contributed by atoms with Gasteiger partial charge in [-0.05, 0) is 45.8 Å². The molecule has 0 saturated carbocycles. The Morgan fingerprint density at radius 3 is 2.64 bits per heavy atom. The van der Waals surface area contributed by atoms with Crippen molar-refractivity contribution in [2.75, 3.05) is 5.32 Å². The Morgan fingerprint density at radius 2 is 1.95 bits per heavy atom. The van der Waals surface area contributed by atoms with E-state index in [0.29, 0.717) is 16.9 Å². The zero-order chi connectivity index (χ0) is 15.5. The number of furan rings is 1. The van der Waals surface area contributed by atoms with Gasteiger partial charge in [-0.1, -0.05) is 28.1 Å². The number of aromatic nitrogens is 2.